The highest BCUT2D eigenvalue weighted by atomic mass is 16.1. The van der Waals surface area contributed by atoms with Crippen molar-refractivity contribution in [3.05, 3.63) is 18.2 Å². The van der Waals surface area contributed by atoms with E-state index in [2.05, 4.69) is 15.3 Å². The Bertz CT molecular complexity index is 195. The highest BCUT2D eigenvalue weighted by Crippen LogP contribution is 2.04. The third kappa shape index (κ3) is 1.34. The second-order valence-corrected chi connectivity index (χ2v) is 2.01. The van der Waals surface area contributed by atoms with Crippen molar-refractivity contribution in [2.24, 2.45) is 0 Å². The van der Waals surface area contributed by atoms with Crippen LogP contribution in [0.4, 0.5) is 0 Å². The molecule has 0 saturated heterocycles. The molecule has 4 nitrogen and oxygen atoms in total. The van der Waals surface area contributed by atoms with Crippen LogP contribution >= 0.6 is 0 Å². The molecule has 1 heterocycles. The molecule has 0 aliphatic rings. The maximum atomic E-state index is 9.97. The summed E-state index contributed by atoms with van der Waals surface area (Å²) >= 11 is 0. The highest BCUT2D eigenvalue weighted by Gasteiger charge is 2.02. The number of nitrogens with one attached hydrogen (secondary N) is 2. The van der Waals surface area contributed by atoms with Gasteiger partial charge in [-0.25, -0.2) is 4.98 Å². The highest BCUT2D eigenvalue weighted by molar-refractivity contribution is 5.47. The number of H-pyrrole nitrogens is 1. The summed E-state index contributed by atoms with van der Waals surface area (Å²) in [7, 11) is 0. The third-order valence-electron chi connectivity index (χ3n) is 1.30. The number of rotatable bonds is 3. The van der Waals surface area contributed by atoms with Gasteiger partial charge in [0.2, 0.25) is 6.41 Å². The number of aromatic amines is 1. The van der Waals surface area contributed by atoms with Crippen molar-refractivity contribution in [1.29, 1.82) is 0 Å². The van der Waals surface area contributed by atoms with Crippen molar-refractivity contribution in [3.8, 4) is 0 Å². The summed E-state index contributed by atoms with van der Waals surface area (Å²) in [6, 6.07) is 0.0139. The van der Waals surface area contributed by atoms with E-state index in [1.807, 2.05) is 6.92 Å². The molecule has 1 amide bonds. The average molecular weight is 139 g/mol. The monoisotopic (exact) mass is 139 g/mol. The number of hydrogen-bond donors (Lipinski definition) is 2. The van der Waals surface area contributed by atoms with Crippen LogP contribution in [-0.4, -0.2) is 16.4 Å². The van der Waals surface area contributed by atoms with Crippen LogP contribution in [0.2, 0.25) is 0 Å². The molecule has 0 aliphatic carbocycles. The van der Waals surface area contributed by atoms with Gasteiger partial charge in [-0.05, 0) is 6.92 Å². The minimum absolute atomic E-state index is 0.0139. The van der Waals surface area contributed by atoms with E-state index >= 15 is 0 Å². The number of carbonyl (C=O) groups excluding carboxylic acids is 1. The molecule has 0 fully saturated rings. The zero-order valence-electron chi connectivity index (χ0n) is 5.66. The Morgan fingerprint density at radius 1 is 1.90 bits per heavy atom. The van der Waals surface area contributed by atoms with Gasteiger partial charge in [-0.3, -0.25) is 4.79 Å². The summed E-state index contributed by atoms with van der Waals surface area (Å²) in [4.78, 5) is 16.7. The predicted octanol–water partition coefficient (Wildman–Crippen LogP) is 0.217. The largest absolute Gasteiger partial charge is 0.351 e. The minimum Gasteiger partial charge on any atom is -0.351 e. The van der Waals surface area contributed by atoms with Crippen LogP contribution in [0.1, 0.15) is 18.7 Å². The van der Waals surface area contributed by atoms with E-state index in [1.54, 1.807) is 12.5 Å². The van der Waals surface area contributed by atoms with Crippen molar-refractivity contribution in [1.82, 2.24) is 15.3 Å². The van der Waals surface area contributed by atoms with E-state index in [9.17, 15) is 4.79 Å². The van der Waals surface area contributed by atoms with E-state index in [1.165, 1.54) is 0 Å². The van der Waals surface area contributed by atoms with Crippen molar-refractivity contribution < 1.29 is 4.79 Å². The van der Waals surface area contributed by atoms with E-state index in [4.69, 9.17) is 0 Å². The predicted molar refractivity (Wildman–Crippen MR) is 36.2 cm³/mol. The molecular formula is C6H9N3O. The molecule has 0 spiro atoms. The zero-order valence-corrected chi connectivity index (χ0v) is 5.66. The van der Waals surface area contributed by atoms with Gasteiger partial charge in [0.1, 0.15) is 0 Å². The lowest BCUT2D eigenvalue weighted by molar-refractivity contribution is -0.110. The maximum absolute atomic E-state index is 9.97. The molecule has 1 aromatic rings. The molecule has 4 heteroatoms. The quantitative estimate of drug-likeness (QED) is 0.588. The van der Waals surface area contributed by atoms with Gasteiger partial charge in [-0.1, -0.05) is 0 Å². The number of aromatic nitrogens is 2. The fourth-order valence-corrected chi connectivity index (χ4v) is 0.695. The standard InChI is InChI=1S/C6H9N3O/c1-5(9-4-10)6-2-7-3-8-6/h2-5H,1H3,(H,7,8)(H,9,10)/t5-/m0/s1. The van der Waals surface area contributed by atoms with E-state index in [0.717, 1.165) is 5.69 Å². The normalized spacial score (nSPS) is 12.5. The fraction of sp³-hybridized carbons (Fsp3) is 0.333. The smallest absolute Gasteiger partial charge is 0.207 e. The Hall–Kier alpha value is -1.32. The molecule has 0 saturated carbocycles. The van der Waals surface area contributed by atoms with Crippen LogP contribution in [-0.2, 0) is 4.79 Å². The third-order valence-corrected chi connectivity index (χ3v) is 1.30. The molecule has 2 N–H and O–H groups in total. The molecule has 1 atom stereocenters. The lowest BCUT2D eigenvalue weighted by Crippen LogP contribution is -2.16. The first kappa shape index (κ1) is 6.80. The molecule has 0 bridgehead atoms. The zero-order chi connectivity index (χ0) is 7.40. The van der Waals surface area contributed by atoms with Gasteiger partial charge in [0.15, 0.2) is 0 Å². The molecule has 0 radical (unpaired) electrons. The molecular weight excluding hydrogens is 130 g/mol. The van der Waals surface area contributed by atoms with E-state index in [-0.39, 0.29) is 6.04 Å². The molecule has 1 rings (SSSR count). The molecule has 1 aromatic heterocycles. The van der Waals surface area contributed by atoms with Gasteiger partial charge in [-0.2, -0.15) is 0 Å². The lowest BCUT2D eigenvalue weighted by atomic mass is 10.3. The molecule has 0 aromatic carbocycles. The lowest BCUT2D eigenvalue weighted by Gasteiger charge is -2.05. The first-order chi connectivity index (χ1) is 4.84. The summed E-state index contributed by atoms with van der Waals surface area (Å²) in [5.74, 6) is 0. The Morgan fingerprint density at radius 3 is 3.20 bits per heavy atom. The summed E-state index contributed by atoms with van der Waals surface area (Å²) in [6.45, 7) is 1.88. The van der Waals surface area contributed by atoms with Crippen LogP contribution in [0, 0.1) is 0 Å². The number of amides is 1. The van der Waals surface area contributed by atoms with Gasteiger partial charge in [0.05, 0.1) is 18.1 Å². The van der Waals surface area contributed by atoms with Crippen LogP contribution < -0.4 is 5.32 Å². The Morgan fingerprint density at radius 2 is 2.70 bits per heavy atom. The number of nitrogens with zero attached hydrogens (tertiary/aromatic N) is 1. The average Bonchev–Trinajstić information content (AvgIpc) is 2.38. The Balaban J connectivity index is 2.58. The van der Waals surface area contributed by atoms with Crippen LogP contribution in [0.15, 0.2) is 12.5 Å². The first-order valence-corrected chi connectivity index (χ1v) is 3.02. The minimum atomic E-state index is 0.0139. The second kappa shape index (κ2) is 3.00. The second-order valence-electron chi connectivity index (χ2n) is 2.01. The summed E-state index contributed by atoms with van der Waals surface area (Å²) < 4.78 is 0. The number of carbonyl (C=O) groups is 1. The summed E-state index contributed by atoms with van der Waals surface area (Å²) in [5.41, 5.74) is 0.909. The molecule has 0 aliphatic heterocycles. The van der Waals surface area contributed by atoms with Gasteiger partial charge in [0, 0.05) is 6.20 Å². The van der Waals surface area contributed by atoms with Crippen LogP contribution in [0.25, 0.3) is 0 Å². The topological polar surface area (TPSA) is 57.8 Å². The van der Waals surface area contributed by atoms with Crippen molar-refractivity contribution in [2.75, 3.05) is 0 Å². The number of hydrogen-bond acceptors (Lipinski definition) is 2. The van der Waals surface area contributed by atoms with Gasteiger partial charge in [-0.15, -0.1) is 0 Å². The van der Waals surface area contributed by atoms with Crippen molar-refractivity contribution in [2.45, 2.75) is 13.0 Å². The Labute approximate surface area is 58.7 Å². The van der Waals surface area contributed by atoms with Crippen LogP contribution in [0.5, 0.6) is 0 Å². The summed E-state index contributed by atoms with van der Waals surface area (Å²) in [6.07, 6.45) is 3.94. The van der Waals surface area contributed by atoms with E-state index in [0.29, 0.717) is 6.41 Å². The van der Waals surface area contributed by atoms with E-state index < -0.39 is 0 Å². The van der Waals surface area contributed by atoms with Crippen molar-refractivity contribution in [3.63, 3.8) is 0 Å². The Kier molecular flexibility index (Phi) is 2.04. The fourth-order valence-electron chi connectivity index (χ4n) is 0.695. The first-order valence-electron chi connectivity index (χ1n) is 3.02. The van der Waals surface area contributed by atoms with Gasteiger partial charge < -0.3 is 10.3 Å². The van der Waals surface area contributed by atoms with Crippen LogP contribution in [0.3, 0.4) is 0 Å². The SMILES string of the molecule is C[C@H](NC=O)c1cnc[nH]1. The molecule has 0 unspecified atom stereocenters. The maximum Gasteiger partial charge on any atom is 0.207 e. The van der Waals surface area contributed by atoms with Gasteiger partial charge >= 0.3 is 0 Å². The molecule has 54 valence electrons. The van der Waals surface area contributed by atoms with Gasteiger partial charge in [0.25, 0.3) is 0 Å². The van der Waals surface area contributed by atoms with Crippen molar-refractivity contribution >= 4 is 6.41 Å². The number of imidazole rings is 1. The summed E-state index contributed by atoms with van der Waals surface area (Å²) in [5, 5.41) is 2.60. The molecule has 10 heavy (non-hydrogen) atoms.